The van der Waals surface area contributed by atoms with Crippen LogP contribution in [0.2, 0.25) is 0 Å². The third kappa shape index (κ3) is 4.77. The number of nitrogens with zero attached hydrogens (tertiary/aromatic N) is 6. The molecular weight excluding hydrogens is 408 g/mol. The number of hydrogen-bond donors (Lipinski definition) is 0. The highest BCUT2D eigenvalue weighted by Crippen LogP contribution is 2.28. The van der Waals surface area contributed by atoms with Crippen LogP contribution in [0.5, 0.6) is 0 Å². The van der Waals surface area contributed by atoms with Gasteiger partial charge in [0.1, 0.15) is 11.6 Å². The maximum atomic E-state index is 12.9. The quantitative estimate of drug-likeness (QED) is 0.403. The predicted octanol–water partition coefficient (Wildman–Crippen LogP) is 2.43. The van der Waals surface area contributed by atoms with Crippen molar-refractivity contribution in [1.29, 1.82) is 0 Å². The number of amides is 1. The van der Waals surface area contributed by atoms with Crippen molar-refractivity contribution in [3.05, 3.63) is 63.1 Å². The second-order valence-electron chi connectivity index (χ2n) is 8.13. The van der Waals surface area contributed by atoms with Gasteiger partial charge in [-0.25, -0.2) is 9.97 Å². The Kier molecular flexibility index (Phi) is 6.45. The number of hydrogen-bond acceptors (Lipinski definition) is 7. The van der Waals surface area contributed by atoms with E-state index in [-0.39, 0.29) is 11.6 Å². The van der Waals surface area contributed by atoms with E-state index in [1.165, 1.54) is 18.2 Å². The van der Waals surface area contributed by atoms with E-state index < -0.39 is 4.92 Å². The van der Waals surface area contributed by atoms with Gasteiger partial charge in [-0.2, -0.15) is 0 Å². The van der Waals surface area contributed by atoms with Crippen LogP contribution >= 0.6 is 0 Å². The number of rotatable bonds is 5. The molecule has 2 aliphatic heterocycles. The van der Waals surface area contributed by atoms with Gasteiger partial charge in [-0.05, 0) is 37.2 Å². The fourth-order valence-corrected chi connectivity index (χ4v) is 4.22. The number of benzene rings is 1. The molecule has 0 aliphatic carbocycles. The molecule has 4 rings (SSSR count). The Balaban J connectivity index is 1.48. The van der Waals surface area contributed by atoms with E-state index >= 15 is 0 Å². The van der Waals surface area contributed by atoms with E-state index in [2.05, 4.69) is 21.7 Å². The highest BCUT2D eigenvalue weighted by Gasteiger charge is 2.27. The zero-order valence-electron chi connectivity index (χ0n) is 18.5. The Morgan fingerprint density at radius 1 is 1.12 bits per heavy atom. The minimum absolute atomic E-state index is 0.0312. The van der Waals surface area contributed by atoms with Crippen LogP contribution in [0.1, 0.15) is 29.6 Å². The molecule has 1 fully saturated rings. The summed E-state index contributed by atoms with van der Waals surface area (Å²) < 4.78 is 0. The molecule has 1 aromatic heterocycles. The number of fused-ring (bicyclic) bond motifs is 1. The predicted molar refractivity (Wildman–Crippen MR) is 122 cm³/mol. The van der Waals surface area contributed by atoms with Crippen molar-refractivity contribution >= 4 is 23.5 Å². The van der Waals surface area contributed by atoms with Gasteiger partial charge in [0.2, 0.25) is 5.91 Å². The number of carbonyl (C=O) groups excluding carboxylic acids is 1. The normalized spacial score (nSPS) is 16.9. The van der Waals surface area contributed by atoms with Crippen molar-refractivity contribution < 1.29 is 9.72 Å². The van der Waals surface area contributed by atoms with Gasteiger partial charge >= 0.3 is 0 Å². The number of carbonyl (C=O) groups is 1. The lowest BCUT2D eigenvalue weighted by atomic mass is 10.0. The van der Waals surface area contributed by atoms with Crippen LogP contribution in [0.4, 0.5) is 11.5 Å². The van der Waals surface area contributed by atoms with Gasteiger partial charge in [0.25, 0.3) is 5.69 Å². The lowest BCUT2D eigenvalue weighted by Gasteiger charge is -2.37. The summed E-state index contributed by atoms with van der Waals surface area (Å²) in [6.07, 6.45) is 3.93. The lowest BCUT2D eigenvalue weighted by Crippen LogP contribution is -2.47. The van der Waals surface area contributed by atoms with Gasteiger partial charge in [-0.3, -0.25) is 14.9 Å². The molecule has 0 spiro atoms. The zero-order valence-corrected chi connectivity index (χ0v) is 18.5. The molecule has 9 heteroatoms. The molecule has 0 N–H and O–H groups in total. The summed E-state index contributed by atoms with van der Waals surface area (Å²) in [4.78, 5) is 39.2. The van der Waals surface area contributed by atoms with Gasteiger partial charge < -0.3 is 14.7 Å². The van der Waals surface area contributed by atoms with E-state index in [0.29, 0.717) is 19.5 Å². The maximum absolute atomic E-state index is 12.9. The summed E-state index contributed by atoms with van der Waals surface area (Å²) in [5.74, 6) is 1.64. The molecule has 1 saturated heterocycles. The molecule has 9 nitrogen and oxygen atoms in total. The Bertz CT molecular complexity index is 1030. The first-order chi connectivity index (χ1) is 15.4. The number of anilines is 1. The minimum Gasteiger partial charge on any atom is -0.354 e. The number of non-ortho nitro benzene ring substituents is 1. The van der Waals surface area contributed by atoms with Crippen LogP contribution in [0.15, 0.2) is 30.3 Å². The molecule has 168 valence electrons. The van der Waals surface area contributed by atoms with Crippen molar-refractivity contribution in [2.75, 3.05) is 44.2 Å². The molecule has 1 amide bonds. The average Bonchev–Trinajstić information content (AvgIpc) is 2.82. The van der Waals surface area contributed by atoms with Crippen molar-refractivity contribution in [3.63, 3.8) is 0 Å². The number of aromatic nitrogens is 2. The first kappa shape index (κ1) is 21.9. The summed E-state index contributed by atoms with van der Waals surface area (Å²) in [7, 11) is 0. The highest BCUT2D eigenvalue weighted by molar-refractivity contribution is 5.92. The third-order valence-corrected chi connectivity index (χ3v) is 6.10. The largest absolute Gasteiger partial charge is 0.354 e. The maximum Gasteiger partial charge on any atom is 0.269 e. The first-order valence-corrected chi connectivity index (χ1v) is 11.0. The van der Waals surface area contributed by atoms with Crippen LogP contribution in [-0.2, 0) is 17.8 Å². The number of piperazine rings is 1. The van der Waals surface area contributed by atoms with Crippen LogP contribution in [0.25, 0.3) is 6.08 Å². The molecule has 0 bridgehead atoms. The van der Waals surface area contributed by atoms with Gasteiger partial charge in [0.05, 0.1) is 17.2 Å². The van der Waals surface area contributed by atoms with E-state index in [1.807, 2.05) is 11.8 Å². The zero-order chi connectivity index (χ0) is 22.7. The van der Waals surface area contributed by atoms with Crippen LogP contribution in [0, 0.1) is 17.0 Å². The second kappa shape index (κ2) is 9.44. The summed E-state index contributed by atoms with van der Waals surface area (Å²) in [5, 5.41) is 10.8. The van der Waals surface area contributed by atoms with Gasteiger partial charge in [0.15, 0.2) is 0 Å². The standard InChI is InChI=1S/C23H28N6O3/c1-3-26-12-14-27(15-13-26)23-20-16-28(11-10-21(20)24-17(2)25-23)22(30)9-6-18-4-7-19(8-5-18)29(31)32/h4-9H,3,10-16H2,1-2H3/b9-6+. The summed E-state index contributed by atoms with van der Waals surface area (Å²) in [6, 6.07) is 6.15. The van der Waals surface area contributed by atoms with E-state index in [9.17, 15) is 14.9 Å². The highest BCUT2D eigenvalue weighted by atomic mass is 16.6. The SMILES string of the molecule is CCN1CCN(c2nc(C)nc3c2CN(C(=O)/C=C/c2ccc([N+](=O)[O-])cc2)CC3)CC1. The Hall–Kier alpha value is -3.33. The van der Waals surface area contributed by atoms with E-state index in [1.54, 1.807) is 18.2 Å². The summed E-state index contributed by atoms with van der Waals surface area (Å²) in [5.41, 5.74) is 2.86. The van der Waals surface area contributed by atoms with Crippen LogP contribution in [-0.4, -0.2) is 69.9 Å². The number of likely N-dealkylation sites (N-methyl/N-ethyl adjacent to an activating group) is 1. The molecule has 0 radical (unpaired) electrons. The van der Waals surface area contributed by atoms with Crippen molar-refractivity contribution in [2.45, 2.75) is 26.8 Å². The molecule has 1 aromatic carbocycles. The van der Waals surface area contributed by atoms with Gasteiger partial charge in [0, 0.05) is 62.9 Å². The molecule has 0 atom stereocenters. The number of nitro benzene ring substituents is 1. The molecular formula is C23H28N6O3. The lowest BCUT2D eigenvalue weighted by molar-refractivity contribution is -0.384. The summed E-state index contributed by atoms with van der Waals surface area (Å²) >= 11 is 0. The van der Waals surface area contributed by atoms with Crippen molar-refractivity contribution in [3.8, 4) is 0 Å². The van der Waals surface area contributed by atoms with E-state index in [0.717, 1.165) is 61.2 Å². The molecule has 2 aromatic rings. The summed E-state index contributed by atoms with van der Waals surface area (Å²) in [6.45, 7) is 10.1. The monoisotopic (exact) mass is 436 g/mol. The number of nitro groups is 1. The molecule has 3 heterocycles. The smallest absolute Gasteiger partial charge is 0.269 e. The van der Waals surface area contributed by atoms with Gasteiger partial charge in [-0.15, -0.1) is 0 Å². The molecule has 32 heavy (non-hydrogen) atoms. The van der Waals surface area contributed by atoms with Crippen molar-refractivity contribution in [2.24, 2.45) is 0 Å². The van der Waals surface area contributed by atoms with Crippen molar-refractivity contribution in [1.82, 2.24) is 19.8 Å². The topological polar surface area (TPSA) is 95.7 Å². The fourth-order valence-electron chi connectivity index (χ4n) is 4.22. The van der Waals surface area contributed by atoms with E-state index in [4.69, 9.17) is 4.98 Å². The Labute approximate surface area is 187 Å². The molecule has 0 saturated carbocycles. The Morgan fingerprint density at radius 3 is 2.50 bits per heavy atom. The minimum atomic E-state index is -0.437. The van der Waals surface area contributed by atoms with Gasteiger partial charge in [-0.1, -0.05) is 6.92 Å². The second-order valence-corrected chi connectivity index (χ2v) is 8.13. The van der Waals surface area contributed by atoms with Crippen LogP contribution < -0.4 is 4.90 Å². The van der Waals surface area contributed by atoms with Crippen LogP contribution in [0.3, 0.4) is 0 Å². The molecule has 2 aliphatic rings. The number of aryl methyl sites for hydroxylation is 1. The molecule has 0 unspecified atom stereocenters. The average molecular weight is 437 g/mol. The fraction of sp³-hybridized carbons (Fsp3) is 0.435. The first-order valence-electron chi connectivity index (χ1n) is 11.0. The third-order valence-electron chi connectivity index (χ3n) is 6.10. The Morgan fingerprint density at radius 2 is 1.84 bits per heavy atom.